The predicted octanol–water partition coefficient (Wildman–Crippen LogP) is 6.40. The van der Waals surface area contributed by atoms with Gasteiger partial charge in [0.15, 0.2) is 0 Å². The van der Waals surface area contributed by atoms with Gasteiger partial charge in [-0.2, -0.15) is 0 Å². The van der Waals surface area contributed by atoms with E-state index < -0.39 is 28.5 Å². The van der Waals surface area contributed by atoms with E-state index >= 15 is 0 Å². The van der Waals surface area contributed by atoms with E-state index in [0.717, 1.165) is 15.4 Å². The van der Waals surface area contributed by atoms with Crippen LogP contribution >= 0.6 is 34.8 Å². The smallest absolute Gasteiger partial charge is 0.264 e. The van der Waals surface area contributed by atoms with Gasteiger partial charge in [-0.1, -0.05) is 53.9 Å². The molecular weight excluding hydrogens is 593 g/mol. The summed E-state index contributed by atoms with van der Waals surface area (Å²) in [5, 5.41) is 3.80. The summed E-state index contributed by atoms with van der Waals surface area (Å²) in [4.78, 5) is 28.4. The minimum Gasteiger partial charge on any atom is -0.355 e. The van der Waals surface area contributed by atoms with Crippen LogP contribution in [-0.2, 0) is 26.2 Å². The Bertz CT molecular complexity index is 1460. The van der Waals surface area contributed by atoms with E-state index in [1.165, 1.54) is 29.2 Å². The highest BCUT2D eigenvalue weighted by Gasteiger charge is 2.34. The van der Waals surface area contributed by atoms with Gasteiger partial charge in [0, 0.05) is 33.7 Å². The molecule has 214 valence electrons. The summed E-state index contributed by atoms with van der Waals surface area (Å²) in [5.41, 5.74) is 2.60. The fourth-order valence-corrected chi connectivity index (χ4v) is 6.26. The molecule has 11 heteroatoms. The summed E-state index contributed by atoms with van der Waals surface area (Å²) < 4.78 is 28.9. The topological polar surface area (TPSA) is 86.8 Å². The van der Waals surface area contributed by atoms with Crippen molar-refractivity contribution in [1.29, 1.82) is 0 Å². The molecule has 3 rings (SSSR count). The summed E-state index contributed by atoms with van der Waals surface area (Å²) in [7, 11) is -4.21. The fraction of sp³-hybridized carbons (Fsp3) is 0.310. The number of likely N-dealkylation sites (N-methyl/N-ethyl adjacent to an activating group) is 1. The van der Waals surface area contributed by atoms with Crippen LogP contribution in [0.1, 0.15) is 37.0 Å². The van der Waals surface area contributed by atoms with Crippen LogP contribution in [0.5, 0.6) is 0 Å². The quantitative estimate of drug-likeness (QED) is 0.267. The molecule has 0 spiro atoms. The Labute approximate surface area is 251 Å². The lowest BCUT2D eigenvalue weighted by atomic mass is 10.1. The monoisotopic (exact) mass is 623 g/mol. The van der Waals surface area contributed by atoms with E-state index in [-0.39, 0.29) is 23.8 Å². The molecule has 0 bridgehead atoms. The summed E-state index contributed by atoms with van der Waals surface area (Å²) in [6.07, 6.45) is 0.285. The van der Waals surface area contributed by atoms with E-state index in [1.54, 1.807) is 50.2 Å². The number of halogens is 3. The molecule has 7 nitrogen and oxygen atoms in total. The van der Waals surface area contributed by atoms with E-state index in [4.69, 9.17) is 34.8 Å². The van der Waals surface area contributed by atoms with Gasteiger partial charge in [0.2, 0.25) is 11.8 Å². The first-order chi connectivity index (χ1) is 18.9. The number of amides is 2. The van der Waals surface area contributed by atoms with Gasteiger partial charge in [-0.3, -0.25) is 13.9 Å². The molecule has 0 aromatic heterocycles. The number of benzene rings is 3. The standard InChI is InChI=1S/C29H32Cl3N3O4S/c1-5-27(29(37)33-6-2)34(17-24-25(31)8-7-9-26(24)32)28(36)18-35(22-13-10-19(3)20(4)16-22)40(38,39)23-14-11-21(30)12-15-23/h7-16,27H,5-6,17-18H2,1-4H3,(H,33,37). The Balaban J connectivity index is 2.12. The molecule has 0 fully saturated rings. The number of rotatable bonds is 11. The van der Waals surface area contributed by atoms with Crippen LogP contribution in [0.4, 0.5) is 5.69 Å². The summed E-state index contributed by atoms with van der Waals surface area (Å²) in [5.74, 6) is -0.954. The van der Waals surface area contributed by atoms with Gasteiger partial charge < -0.3 is 10.2 Å². The number of aryl methyl sites for hydroxylation is 2. The highest BCUT2D eigenvalue weighted by molar-refractivity contribution is 7.92. The SMILES string of the molecule is CCNC(=O)C(CC)N(Cc1c(Cl)cccc1Cl)C(=O)CN(c1ccc(C)c(C)c1)S(=O)(=O)c1ccc(Cl)cc1. The van der Waals surface area contributed by atoms with Gasteiger partial charge in [0.1, 0.15) is 12.6 Å². The van der Waals surface area contributed by atoms with Crippen LogP contribution in [0.2, 0.25) is 15.1 Å². The number of carbonyl (C=O) groups excluding carboxylic acids is 2. The number of carbonyl (C=O) groups is 2. The Morgan fingerprint density at radius 3 is 2.08 bits per heavy atom. The van der Waals surface area contributed by atoms with E-state index in [9.17, 15) is 18.0 Å². The number of nitrogens with zero attached hydrogens (tertiary/aromatic N) is 2. The van der Waals surface area contributed by atoms with Crippen molar-refractivity contribution in [3.63, 3.8) is 0 Å². The van der Waals surface area contributed by atoms with Gasteiger partial charge in [0.25, 0.3) is 10.0 Å². The van der Waals surface area contributed by atoms with Gasteiger partial charge >= 0.3 is 0 Å². The van der Waals surface area contributed by atoms with Crippen molar-refractivity contribution in [1.82, 2.24) is 10.2 Å². The van der Waals surface area contributed by atoms with E-state index in [1.807, 2.05) is 13.8 Å². The number of nitrogens with one attached hydrogen (secondary N) is 1. The number of hydrogen-bond acceptors (Lipinski definition) is 4. The van der Waals surface area contributed by atoms with Gasteiger partial charge in [-0.25, -0.2) is 8.42 Å². The van der Waals surface area contributed by atoms with Crippen LogP contribution in [-0.4, -0.2) is 44.3 Å². The van der Waals surface area contributed by atoms with Crippen LogP contribution in [0.25, 0.3) is 0 Å². The number of sulfonamides is 1. The van der Waals surface area contributed by atoms with Crippen LogP contribution in [0, 0.1) is 13.8 Å². The maximum atomic E-state index is 14.1. The normalized spacial score (nSPS) is 12.1. The lowest BCUT2D eigenvalue weighted by Crippen LogP contribution is -2.52. The highest BCUT2D eigenvalue weighted by atomic mass is 35.5. The lowest BCUT2D eigenvalue weighted by molar-refractivity contribution is -0.140. The molecular formula is C29H32Cl3N3O4S. The molecule has 2 amide bonds. The first-order valence-electron chi connectivity index (χ1n) is 12.8. The molecule has 1 atom stereocenters. The third-order valence-electron chi connectivity index (χ3n) is 6.59. The predicted molar refractivity (Wildman–Crippen MR) is 162 cm³/mol. The molecule has 0 saturated carbocycles. The molecule has 0 saturated heterocycles. The molecule has 3 aromatic carbocycles. The first-order valence-corrected chi connectivity index (χ1v) is 15.3. The van der Waals surface area contributed by atoms with Crippen molar-refractivity contribution in [3.05, 3.63) is 92.4 Å². The van der Waals surface area contributed by atoms with Crippen molar-refractivity contribution in [2.75, 3.05) is 17.4 Å². The molecule has 3 aromatic rings. The van der Waals surface area contributed by atoms with E-state index in [2.05, 4.69) is 5.32 Å². The summed E-state index contributed by atoms with van der Waals surface area (Å²) in [6, 6.07) is 15.0. The third kappa shape index (κ3) is 7.29. The Hall–Kier alpha value is -2.78. The number of anilines is 1. The molecule has 0 aliphatic carbocycles. The molecule has 0 radical (unpaired) electrons. The second-order valence-electron chi connectivity index (χ2n) is 9.27. The molecule has 0 aliphatic heterocycles. The Kier molecular flexibility index (Phi) is 10.9. The second-order valence-corrected chi connectivity index (χ2v) is 12.4. The summed E-state index contributed by atoms with van der Waals surface area (Å²) >= 11 is 18.9. The van der Waals surface area contributed by atoms with E-state index in [0.29, 0.717) is 32.9 Å². The minimum atomic E-state index is -4.21. The number of hydrogen-bond donors (Lipinski definition) is 1. The van der Waals surface area contributed by atoms with Crippen molar-refractivity contribution in [2.45, 2.75) is 51.6 Å². The van der Waals surface area contributed by atoms with Crippen molar-refractivity contribution in [3.8, 4) is 0 Å². The average molecular weight is 625 g/mol. The van der Waals surface area contributed by atoms with Gasteiger partial charge in [0.05, 0.1) is 10.6 Å². The molecule has 0 aliphatic rings. The third-order valence-corrected chi connectivity index (χ3v) is 9.33. The first kappa shape index (κ1) is 31.7. The summed E-state index contributed by atoms with van der Waals surface area (Å²) in [6.45, 7) is 7.04. The van der Waals surface area contributed by atoms with Crippen molar-refractivity contribution < 1.29 is 18.0 Å². The molecule has 1 N–H and O–H groups in total. The zero-order chi connectivity index (χ0) is 29.6. The fourth-order valence-electron chi connectivity index (χ4n) is 4.21. The van der Waals surface area contributed by atoms with Gasteiger partial charge in [-0.05, 0) is 86.8 Å². The van der Waals surface area contributed by atoms with Crippen LogP contribution in [0.15, 0.2) is 65.6 Å². The van der Waals surface area contributed by atoms with Gasteiger partial charge in [-0.15, -0.1) is 0 Å². The van der Waals surface area contributed by atoms with Crippen LogP contribution < -0.4 is 9.62 Å². The minimum absolute atomic E-state index is 0.0283. The molecule has 40 heavy (non-hydrogen) atoms. The average Bonchev–Trinajstić information content (AvgIpc) is 2.90. The Morgan fingerprint density at radius 2 is 1.52 bits per heavy atom. The zero-order valence-corrected chi connectivity index (χ0v) is 25.8. The van der Waals surface area contributed by atoms with Crippen molar-refractivity contribution in [2.24, 2.45) is 0 Å². The highest BCUT2D eigenvalue weighted by Crippen LogP contribution is 2.29. The largest absolute Gasteiger partial charge is 0.355 e. The molecule has 1 unspecified atom stereocenters. The van der Waals surface area contributed by atoms with Crippen molar-refractivity contribution >= 4 is 62.3 Å². The zero-order valence-electron chi connectivity index (χ0n) is 22.7. The maximum absolute atomic E-state index is 14.1. The maximum Gasteiger partial charge on any atom is 0.264 e. The molecule has 0 heterocycles. The lowest BCUT2D eigenvalue weighted by Gasteiger charge is -2.33. The Morgan fingerprint density at radius 1 is 0.900 bits per heavy atom. The second kappa shape index (κ2) is 13.7. The van der Waals surface area contributed by atoms with Crippen LogP contribution in [0.3, 0.4) is 0 Å².